The van der Waals surface area contributed by atoms with Crippen LogP contribution in [0.3, 0.4) is 0 Å². The van der Waals surface area contributed by atoms with E-state index in [4.69, 9.17) is 4.74 Å². The Kier molecular flexibility index (Phi) is 12.7. The molecule has 1 saturated heterocycles. The fourth-order valence-corrected chi connectivity index (χ4v) is 3.01. The summed E-state index contributed by atoms with van der Waals surface area (Å²) >= 11 is 0. The molecule has 148 valence electrons. The highest BCUT2D eigenvalue weighted by molar-refractivity contribution is 5.79. The minimum atomic E-state index is 0.615. The SMILES string of the molecule is CCCCOCCCNC(=NC)NCC(C)CN1CCN(CC)CC1. The topological polar surface area (TPSA) is 52.1 Å². The Hall–Kier alpha value is -0.850. The van der Waals surface area contributed by atoms with E-state index in [1.54, 1.807) is 0 Å². The Morgan fingerprint density at radius 1 is 1.04 bits per heavy atom. The molecule has 0 bridgehead atoms. The van der Waals surface area contributed by atoms with E-state index in [1.165, 1.54) is 39.1 Å². The van der Waals surface area contributed by atoms with Crippen LogP contribution in [-0.4, -0.2) is 88.4 Å². The molecule has 25 heavy (non-hydrogen) atoms. The molecule has 0 aromatic heterocycles. The third-order valence-corrected chi connectivity index (χ3v) is 4.72. The first-order valence-corrected chi connectivity index (χ1v) is 10.2. The van der Waals surface area contributed by atoms with Gasteiger partial charge in [0.15, 0.2) is 5.96 Å². The highest BCUT2D eigenvalue weighted by Crippen LogP contribution is 2.05. The molecule has 1 heterocycles. The van der Waals surface area contributed by atoms with E-state index in [-0.39, 0.29) is 0 Å². The number of unbranched alkanes of at least 4 members (excludes halogenated alkanes) is 1. The molecule has 1 atom stereocenters. The van der Waals surface area contributed by atoms with Gasteiger partial charge >= 0.3 is 0 Å². The molecule has 0 amide bonds. The Morgan fingerprint density at radius 3 is 2.36 bits per heavy atom. The number of likely N-dealkylation sites (N-methyl/N-ethyl adjacent to an activating group) is 1. The first kappa shape index (κ1) is 22.2. The summed E-state index contributed by atoms with van der Waals surface area (Å²) < 4.78 is 5.58. The van der Waals surface area contributed by atoms with E-state index in [0.717, 1.165) is 51.6 Å². The van der Waals surface area contributed by atoms with Crippen molar-refractivity contribution in [3.8, 4) is 0 Å². The molecule has 0 aromatic rings. The number of ether oxygens (including phenoxy) is 1. The van der Waals surface area contributed by atoms with Crippen LogP contribution < -0.4 is 10.6 Å². The summed E-state index contributed by atoms with van der Waals surface area (Å²) in [5.41, 5.74) is 0. The van der Waals surface area contributed by atoms with Crippen LogP contribution in [0, 0.1) is 5.92 Å². The average Bonchev–Trinajstić information content (AvgIpc) is 2.64. The molecule has 1 fully saturated rings. The lowest BCUT2D eigenvalue weighted by atomic mass is 10.1. The van der Waals surface area contributed by atoms with Crippen molar-refractivity contribution in [1.29, 1.82) is 0 Å². The van der Waals surface area contributed by atoms with Crippen molar-refractivity contribution in [2.24, 2.45) is 10.9 Å². The van der Waals surface area contributed by atoms with E-state index in [2.05, 4.69) is 46.2 Å². The maximum atomic E-state index is 5.58. The van der Waals surface area contributed by atoms with Gasteiger partial charge in [0.2, 0.25) is 0 Å². The maximum absolute atomic E-state index is 5.58. The second-order valence-electron chi connectivity index (χ2n) is 7.04. The summed E-state index contributed by atoms with van der Waals surface area (Å²) in [6.45, 7) is 17.5. The fraction of sp³-hybridized carbons (Fsp3) is 0.947. The van der Waals surface area contributed by atoms with Gasteiger partial charge in [-0.2, -0.15) is 0 Å². The minimum Gasteiger partial charge on any atom is -0.381 e. The van der Waals surface area contributed by atoms with Crippen molar-refractivity contribution in [2.75, 3.05) is 72.6 Å². The Bertz CT molecular complexity index is 343. The van der Waals surface area contributed by atoms with E-state index in [9.17, 15) is 0 Å². The Labute approximate surface area is 155 Å². The van der Waals surface area contributed by atoms with Gasteiger partial charge in [0.25, 0.3) is 0 Å². The van der Waals surface area contributed by atoms with Gasteiger partial charge in [-0.3, -0.25) is 4.99 Å². The molecule has 0 aromatic carbocycles. The second-order valence-corrected chi connectivity index (χ2v) is 7.04. The van der Waals surface area contributed by atoms with Gasteiger partial charge in [0.1, 0.15) is 0 Å². The first-order chi connectivity index (χ1) is 12.2. The fourth-order valence-electron chi connectivity index (χ4n) is 3.01. The molecule has 1 aliphatic heterocycles. The number of nitrogens with zero attached hydrogens (tertiary/aromatic N) is 3. The summed E-state index contributed by atoms with van der Waals surface area (Å²) in [5.74, 6) is 1.51. The first-order valence-electron chi connectivity index (χ1n) is 10.2. The van der Waals surface area contributed by atoms with Crippen molar-refractivity contribution >= 4 is 5.96 Å². The third kappa shape index (κ3) is 10.7. The summed E-state index contributed by atoms with van der Waals surface area (Å²) in [6.07, 6.45) is 3.37. The highest BCUT2D eigenvalue weighted by Gasteiger charge is 2.17. The van der Waals surface area contributed by atoms with Gasteiger partial charge < -0.3 is 25.2 Å². The second kappa shape index (κ2) is 14.3. The zero-order valence-corrected chi connectivity index (χ0v) is 17.0. The van der Waals surface area contributed by atoms with Crippen molar-refractivity contribution in [1.82, 2.24) is 20.4 Å². The van der Waals surface area contributed by atoms with Crippen molar-refractivity contribution < 1.29 is 4.74 Å². The summed E-state index contributed by atoms with van der Waals surface area (Å²) in [7, 11) is 1.84. The van der Waals surface area contributed by atoms with Crippen LogP contribution in [-0.2, 0) is 4.74 Å². The van der Waals surface area contributed by atoms with Crippen LogP contribution >= 0.6 is 0 Å². The van der Waals surface area contributed by atoms with Crippen LogP contribution in [0.1, 0.15) is 40.0 Å². The van der Waals surface area contributed by atoms with Crippen LogP contribution in [0.5, 0.6) is 0 Å². The van der Waals surface area contributed by atoms with Gasteiger partial charge in [-0.05, 0) is 25.3 Å². The van der Waals surface area contributed by atoms with E-state index < -0.39 is 0 Å². The summed E-state index contributed by atoms with van der Waals surface area (Å²) in [5, 5.41) is 6.82. The normalized spacial score (nSPS) is 18.3. The lowest BCUT2D eigenvalue weighted by molar-refractivity contribution is 0.124. The molecule has 1 aliphatic rings. The van der Waals surface area contributed by atoms with Gasteiger partial charge in [0.05, 0.1) is 0 Å². The molecular formula is C19H41N5O. The van der Waals surface area contributed by atoms with Crippen LogP contribution in [0.15, 0.2) is 4.99 Å². The van der Waals surface area contributed by atoms with Crippen molar-refractivity contribution in [3.63, 3.8) is 0 Å². The number of nitrogens with one attached hydrogen (secondary N) is 2. The largest absolute Gasteiger partial charge is 0.381 e. The zero-order valence-electron chi connectivity index (χ0n) is 17.0. The molecule has 0 aliphatic carbocycles. The molecule has 0 spiro atoms. The standard InChI is InChI=1S/C19H41N5O/c1-5-7-14-25-15-8-9-21-19(20-4)22-16-18(3)17-24-12-10-23(6-2)11-13-24/h18H,5-17H2,1-4H3,(H2,20,21,22). The molecule has 1 unspecified atom stereocenters. The minimum absolute atomic E-state index is 0.615. The quantitative estimate of drug-likeness (QED) is 0.317. The lowest BCUT2D eigenvalue weighted by Gasteiger charge is -2.35. The molecule has 0 radical (unpaired) electrons. The van der Waals surface area contributed by atoms with Crippen molar-refractivity contribution in [3.05, 3.63) is 0 Å². The predicted molar refractivity (Wildman–Crippen MR) is 107 cm³/mol. The van der Waals surface area contributed by atoms with E-state index in [1.807, 2.05) is 7.05 Å². The lowest BCUT2D eigenvalue weighted by Crippen LogP contribution is -2.48. The highest BCUT2D eigenvalue weighted by atomic mass is 16.5. The molecular weight excluding hydrogens is 314 g/mol. The van der Waals surface area contributed by atoms with E-state index >= 15 is 0 Å². The number of rotatable bonds is 12. The van der Waals surface area contributed by atoms with Gasteiger partial charge in [-0.1, -0.05) is 27.2 Å². The molecule has 6 heteroatoms. The van der Waals surface area contributed by atoms with Crippen LogP contribution in [0.2, 0.25) is 0 Å². The van der Waals surface area contributed by atoms with Gasteiger partial charge in [-0.15, -0.1) is 0 Å². The van der Waals surface area contributed by atoms with Crippen molar-refractivity contribution in [2.45, 2.75) is 40.0 Å². The predicted octanol–water partition coefficient (Wildman–Crippen LogP) is 1.63. The average molecular weight is 356 g/mol. The van der Waals surface area contributed by atoms with Crippen LogP contribution in [0.25, 0.3) is 0 Å². The monoisotopic (exact) mass is 355 g/mol. The van der Waals surface area contributed by atoms with Gasteiger partial charge in [-0.25, -0.2) is 0 Å². The maximum Gasteiger partial charge on any atom is 0.190 e. The Morgan fingerprint density at radius 2 is 1.72 bits per heavy atom. The zero-order chi connectivity index (χ0) is 18.3. The Balaban J connectivity index is 2.07. The molecule has 2 N–H and O–H groups in total. The smallest absolute Gasteiger partial charge is 0.190 e. The number of guanidine groups is 1. The van der Waals surface area contributed by atoms with Crippen LogP contribution in [0.4, 0.5) is 0 Å². The molecule has 0 saturated carbocycles. The van der Waals surface area contributed by atoms with Gasteiger partial charge in [0, 0.05) is 66.1 Å². The molecule has 6 nitrogen and oxygen atoms in total. The number of aliphatic imine (C=N–C) groups is 1. The molecule has 1 rings (SSSR count). The number of hydrogen-bond donors (Lipinski definition) is 2. The van der Waals surface area contributed by atoms with E-state index in [0.29, 0.717) is 5.92 Å². The number of hydrogen-bond acceptors (Lipinski definition) is 4. The number of piperazine rings is 1. The summed E-state index contributed by atoms with van der Waals surface area (Å²) in [4.78, 5) is 9.42. The third-order valence-electron chi connectivity index (χ3n) is 4.72. The summed E-state index contributed by atoms with van der Waals surface area (Å²) in [6, 6.07) is 0.